The molecule has 2 aromatic rings. The van der Waals surface area contributed by atoms with Crippen molar-refractivity contribution < 1.29 is 9.21 Å². The molecule has 6 heteroatoms. The van der Waals surface area contributed by atoms with Gasteiger partial charge in [0.2, 0.25) is 0 Å². The first kappa shape index (κ1) is 11.6. The predicted octanol–water partition coefficient (Wildman–Crippen LogP) is 2.81. The van der Waals surface area contributed by atoms with Crippen LogP contribution in [0.1, 0.15) is 10.6 Å². The van der Waals surface area contributed by atoms with Crippen LogP contribution in [0.4, 0.5) is 11.4 Å². The molecule has 4 rings (SSSR count). The standard InChI is InChI=1S/C14H11N3O2S/c18-13(11-2-1-7-19-11)16-9-3-4-12-10(8-9)17-6-5-15-14(17)20-12/h1-4,7-8H,5-6H2,(H,16,18). The van der Waals surface area contributed by atoms with Crippen molar-refractivity contribution in [2.24, 2.45) is 4.99 Å². The molecule has 0 aliphatic carbocycles. The smallest absolute Gasteiger partial charge is 0.291 e. The lowest BCUT2D eigenvalue weighted by Gasteiger charge is -2.13. The summed E-state index contributed by atoms with van der Waals surface area (Å²) in [6.45, 7) is 1.75. The molecule has 0 spiro atoms. The van der Waals surface area contributed by atoms with E-state index in [1.807, 2.05) is 18.2 Å². The molecule has 0 atom stereocenters. The molecule has 5 nitrogen and oxygen atoms in total. The van der Waals surface area contributed by atoms with Crippen molar-refractivity contribution in [2.75, 3.05) is 23.3 Å². The Morgan fingerprint density at radius 1 is 1.40 bits per heavy atom. The van der Waals surface area contributed by atoms with E-state index in [9.17, 15) is 4.79 Å². The van der Waals surface area contributed by atoms with Crippen molar-refractivity contribution in [3.05, 3.63) is 42.4 Å². The highest BCUT2D eigenvalue weighted by Gasteiger charge is 2.29. The molecule has 100 valence electrons. The first-order chi connectivity index (χ1) is 9.81. The van der Waals surface area contributed by atoms with E-state index < -0.39 is 0 Å². The molecule has 0 radical (unpaired) electrons. The summed E-state index contributed by atoms with van der Waals surface area (Å²) in [4.78, 5) is 19.8. The zero-order chi connectivity index (χ0) is 13.5. The lowest BCUT2D eigenvalue weighted by atomic mass is 10.2. The van der Waals surface area contributed by atoms with Gasteiger partial charge in [0, 0.05) is 17.1 Å². The van der Waals surface area contributed by atoms with E-state index in [4.69, 9.17) is 4.42 Å². The number of carbonyl (C=O) groups is 1. The molecule has 0 saturated heterocycles. The number of carbonyl (C=O) groups excluding carboxylic acids is 1. The van der Waals surface area contributed by atoms with Gasteiger partial charge in [0.15, 0.2) is 10.9 Å². The largest absolute Gasteiger partial charge is 0.459 e. The summed E-state index contributed by atoms with van der Waals surface area (Å²) in [7, 11) is 0. The van der Waals surface area contributed by atoms with E-state index in [1.54, 1.807) is 23.9 Å². The normalized spacial score (nSPS) is 15.8. The molecule has 2 aliphatic heterocycles. The van der Waals surface area contributed by atoms with Crippen LogP contribution in [0.15, 0.2) is 50.9 Å². The van der Waals surface area contributed by atoms with Gasteiger partial charge in [-0.1, -0.05) is 0 Å². The minimum atomic E-state index is -0.240. The quantitative estimate of drug-likeness (QED) is 0.921. The lowest BCUT2D eigenvalue weighted by Crippen LogP contribution is -2.21. The first-order valence-corrected chi connectivity index (χ1v) is 7.12. The van der Waals surface area contributed by atoms with E-state index in [2.05, 4.69) is 15.2 Å². The Hall–Kier alpha value is -2.21. The molecule has 1 amide bonds. The van der Waals surface area contributed by atoms with E-state index in [-0.39, 0.29) is 5.91 Å². The average Bonchev–Trinajstić information content (AvgIpc) is 3.15. The molecular formula is C14H11N3O2S. The number of benzene rings is 1. The fraction of sp³-hybridized carbons (Fsp3) is 0.143. The highest BCUT2D eigenvalue weighted by Crippen LogP contribution is 2.43. The number of rotatable bonds is 2. The Balaban J connectivity index is 1.61. The predicted molar refractivity (Wildman–Crippen MR) is 78.6 cm³/mol. The number of nitrogens with zero attached hydrogens (tertiary/aromatic N) is 2. The number of hydrogen-bond acceptors (Lipinski definition) is 5. The summed E-state index contributed by atoms with van der Waals surface area (Å²) in [5.41, 5.74) is 1.88. The Kier molecular flexibility index (Phi) is 2.56. The third-order valence-electron chi connectivity index (χ3n) is 3.26. The van der Waals surface area contributed by atoms with Gasteiger partial charge in [-0.25, -0.2) is 0 Å². The molecule has 20 heavy (non-hydrogen) atoms. The summed E-state index contributed by atoms with van der Waals surface area (Å²) >= 11 is 1.68. The summed E-state index contributed by atoms with van der Waals surface area (Å²) in [6.07, 6.45) is 1.49. The lowest BCUT2D eigenvalue weighted by molar-refractivity contribution is 0.0996. The molecule has 1 aromatic carbocycles. The molecule has 0 unspecified atom stereocenters. The highest BCUT2D eigenvalue weighted by atomic mass is 32.2. The maximum Gasteiger partial charge on any atom is 0.291 e. The van der Waals surface area contributed by atoms with E-state index in [0.29, 0.717) is 5.76 Å². The van der Waals surface area contributed by atoms with Crippen LogP contribution >= 0.6 is 11.8 Å². The van der Waals surface area contributed by atoms with Crippen molar-refractivity contribution in [1.29, 1.82) is 0 Å². The maximum atomic E-state index is 12.0. The van der Waals surface area contributed by atoms with E-state index in [1.165, 1.54) is 11.2 Å². The summed E-state index contributed by atoms with van der Waals surface area (Å²) in [5.74, 6) is 0.0687. The van der Waals surface area contributed by atoms with Crippen LogP contribution in [0.5, 0.6) is 0 Å². The fourth-order valence-corrected chi connectivity index (χ4v) is 3.39. The Morgan fingerprint density at radius 3 is 3.20 bits per heavy atom. The monoisotopic (exact) mass is 285 g/mol. The van der Waals surface area contributed by atoms with Crippen LogP contribution in [-0.2, 0) is 0 Å². The second kappa shape index (κ2) is 4.42. The van der Waals surface area contributed by atoms with Crippen LogP contribution in [0.25, 0.3) is 0 Å². The molecule has 1 aromatic heterocycles. The second-order valence-corrected chi connectivity index (χ2v) is 5.54. The molecule has 0 saturated carbocycles. The van der Waals surface area contributed by atoms with Gasteiger partial charge in [0.05, 0.1) is 18.5 Å². The van der Waals surface area contributed by atoms with Crippen molar-refractivity contribution in [3.8, 4) is 0 Å². The molecule has 3 heterocycles. The molecular weight excluding hydrogens is 274 g/mol. The Morgan fingerprint density at radius 2 is 2.35 bits per heavy atom. The zero-order valence-electron chi connectivity index (χ0n) is 10.5. The average molecular weight is 285 g/mol. The van der Waals surface area contributed by atoms with Crippen LogP contribution in [0.2, 0.25) is 0 Å². The van der Waals surface area contributed by atoms with Crippen molar-refractivity contribution >= 4 is 34.2 Å². The van der Waals surface area contributed by atoms with Crippen LogP contribution < -0.4 is 10.2 Å². The number of nitrogens with one attached hydrogen (secondary N) is 1. The number of aliphatic imine (C=N–C) groups is 1. The highest BCUT2D eigenvalue weighted by molar-refractivity contribution is 8.14. The molecule has 1 N–H and O–H groups in total. The van der Waals surface area contributed by atoms with Crippen molar-refractivity contribution in [1.82, 2.24) is 0 Å². The maximum absolute atomic E-state index is 12.0. The Bertz CT molecular complexity index is 709. The van der Waals surface area contributed by atoms with Gasteiger partial charge >= 0.3 is 0 Å². The van der Waals surface area contributed by atoms with Crippen LogP contribution in [-0.4, -0.2) is 24.2 Å². The molecule has 2 aliphatic rings. The van der Waals surface area contributed by atoms with Crippen molar-refractivity contribution in [3.63, 3.8) is 0 Å². The van der Waals surface area contributed by atoms with E-state index >= 15 is 0 Å². The van der Waals surface area contributed by atoms with Gasteiger partial charge in [0.1, 0.15) is 0 Å². The van der Waals surface area contributed by atoms with Gasteiger partial charge in [-0.2, -0.15) is 0 Å². The van der Waals surface area contributed by atoms with Crippen molar-refractivity contribution in [2.45, 2.75) is 4.90 Å². The minimum absolute atomic E-state index is 0.240. The molecule has 0 fully saturated rings. The topological polar surface area (TPSA) is 57.8 Å². The number of furan rings is 1. The van der Waals surface area contributed by atoms with Gasteiger partial charge in [-0.05, 0) is 42.1 Å². The number of hydrogen-bond donors (Lipinski definition) is 1. The SMILES string of the molecule is O=C(Nc1ccc2c(c1)N1CCN=C1S2)c1ccco1. The van der Waals surface area contributed by atoms with Gasteiger partial charge in [-0.3, -0.25) is 9.79 Å². The number of amides is 1. The summed E-state index contributed by atoms with van der Waals surface area (Å²) < 4.78 is 5.08. The van der Waals surface area contributed by atoms with Crippen LogP contribution in [0, 0.1) is 0 Å². The number of amidine groups is 1. The minimum Gasteiger partial charge on any atom is -0.459 e. The second-order valence-electron chi connectivity index (χ2n) is 4.53. The Labute approximate surface area is 119 Å². The number of thioether (sulfide) groups is 1. The third-order valence-corrected chi connectivity index (χ3v) is 4.35. The third kappa shape index (κ3) is 1.80. The molecule has 0 bridgehead atoms. The summed E-state index contributed by atoms with van der Waals surface area (Å²) in [5, 5.41) is 3.90. The fourth-order valence-electron chi connectivity index (χ4n) is 2.33. The van der Waals surface area contributed by atoms with E-state index in [0.717, 1.165) is 29.6 Å². The van der Waals surface area contributed by atoms with Gasteiger partial charge in [0.25, 0.3) is 5.91 Å². The van der Waals surface area contributed by atoms with Crippen LogP contribution in [0.3, 0.4) is 0 Å². The van der Waals surface area contributed by atoms with Gasteiger partial charge in [-0.15, -0.1) is 0 Å². The first-order valence-electron chi connectivity index (χ1n) is 6.30. The summed E-state index contributed by atoms with van der Waals surface area (Å²) in [6, 6.07) is 9.23. The zero-order valence-corrected chi connectivity index (χ0v) is 11.3. The van der Waals surface area contributed by atoms with Gasteiger partial charge < -0.3 is 14.6 Å². The number of fused-ring (bicyclic) bond motifs is 3. The number of anilines is 2.